The summed E-state index contributed by atoms with van der Waals surface area (Å²) in [4.78, 5) is 37.0. The number of aromatic hydroxyl groups is 1. The maximum atomic E-state index is 12.4. The number of benzene rings is 4. The Labute approximate surface area is 200 Å². The van der Waals surface area contributed by atoms with Gasteiger partial charge in [0.25, 0.3) is 5.91 Å². The van der Waals surface area contributed by atoms with E-state index in [2.05, 4.69) is 17.0 Å². The maximum absolute atomic E-state index is 12.4. The molecule has 4 N–H and O–H groups in total. The molecule has 0 aliphatic carbocycles. The highest BCUT2D eigenvalue weighted by Crippen LogP contribution is 2.31. The number of carbonyl (C=O) groups is 3. The van der Waals surface area contributed by atoms with E-state index in [4.69, 9.17) is 10.2 Å². The van der Waals surface area contributed by atoms with Gasteiger partial charge in [-0.3, -0.25) is 9.79 Å². The second-order valence-electron chi connectivity index (χ2n) is 7.48. The molecule has 1 amide bonds. The summed E-state index contributed by atoms with van der Waals surface area (Å²) in [6, 6.07) is 22.2. The second-order valence-corrected chi connectivity index (χ2v) is 7.48. The van der Waals surface area contributed by atoms with E-state index in [-0.39, 0.29) is 34.0 Å². The molecule has 0 saturated carbocycles. The first kappa shape index (κ1) is 24.7. The Morgan fingerprint density at radius 2 is 1.40 bits per heavy atom. The lowest BCUT2D eigenvalue weighted by Crippen LogP contribution is -2.12. The van der Waals surface area contributed by atoms with Crippen molar-refractivity contribution in [1.29, 1.82) is 0 Å². The van der Waals surface area contributed by atoms with Crippen LogP contribution in [0.25, 0.3) is 10.8 Å². The number of aryl methyl sites for hydroxylation is 1. The van der Waals surface area contributed by atoms with Crippen molar-refractivity contribution in [3.05, 3.63) is 101 Å². The van der Waals surface area contributed by atoms with Crippen molar-refractivity contribution in [3.63, 3.8) is 0 Å². The van der Waals surface area contributed by atoms with Crippen molar-refractivity contribution in [2.45, 2.75) is 6.92 Å². The van der Waals surface area contributed by atoms with Gasteiger partial charge in [-0.2, -0.15) is 0 Å². The Bertz CT molecular complexity index is 1400. The standard InChI is InChI=1S/C18H15NO2.C9H7NO4/c1-12-15-10-6-5-7-13(15)11-16(17(12)20)18(21)19-14-8-3-2-4-9-14;1-10-7-3-5(8(11)12)2-6(4-7)9(13)14/h2-11,20H,1H3,(H,19,21);2-4H,1H2,(H,11,12)(H,13,14). The van der Waals surface area contributed by atoms with Gasteiger partial charge in [-0.25, -0.2) is 9.59 Å². The fourth-order valence-corrected chi connectivity index (χ4v) is 3.36. The molecule has 0 unspecified atom stereocenters. The van der Waals surface area contributed by atoms with Gasteiger partial charge in [-0.05, 0) is 66.4 Å². The number of para-hydroxylation sites is 1. The number of carbonyl (C=O) groups excluding carboxylic acids is 1. The van der Waals surface area contributed by atoms with E-state index in [1.54, 1.807) is 6.07 Å². The second kappa shape index (κ2) is 10.8. The molecule has 4 aromatic carbocycles. The summed E-state index contributed by atoms with van der Waals surface area (Å²) in [5, 5.41) is 32.3. The normalized spacial score (nSPS) is 10.1. The first-order valence-electron chi connectivity index (χ1n) is 10.4. The minimum absolute atomic E-state index is 0.0298. The molecule has 0 spiro atoms. The van der Waals surface area contributed by atoms with Crippen LogP contribution in [0.3, 0.4) is 0 Å². The fraction of sp³-hybridized carbons (Fsp3) is 0.0370. The van der Waals surface area contributed by atoms with Crippen LogP contribution < -0.4 is 5.32 Å². The van der Waals surface area contributed by atoms with Crippen LogP contribution in [-0.4, -0.2) is 39.9 Å². The molecule has 0 fully saturated rings. The quantitative estimate of drug-likeness (QED) is 0.284. The Morgan fingerprint density at radius 1 is 0.829 bits per heavy atom. The Balaban J connectivity index is 0.000000214. The van der Waals surface area contributed by atoms with Gasteiger partial charge in [0.15, 0.2) is 0 Å². The number of rotatable bonds is 5. The van der Waals surface area contributed by atoms with Crippen molar-refractivity contribution in [2.75, 3.05) is 5.32 Å². The predicted octanol–water partition coefficient (Wildman–Crippen LogP) is 5.52. The van der Waals surface area contributed by atoms with Crippen LogP contribution in [0.2, 0.25) is 0 Å². The lowest BCUT2D eigenvalue weighted by Gasteiger charge is -2.11. The van der Waals surface area contributed by atoms with E-state index >= 15 is 0 Å². The first-order valence-corrected chi connectivity index (χ1v) is 10.4. The highest BCUT2D eigenvalue weighted by molar-refractivity contribution is 6.09. The van der Waals surface area contributed by atoms with Gasteiger partial charge in [-0.15, -0.1) is 0 Å². The third-order valence-corrected chi connectivity index (χ3v) is 5.15. The van der Waals surface area contributed by atoms with Crippen molar-refractivity contribution >= 4 is 46.7 Å². The van der Waals surface area contributed by atoms with Crippen molar-refractivity contribution in [2.24, 2.45) is 4.99 Å². The molecule has 0 saturated heterocycles. The summed E-state index contributed by atoms with van der Waals surface area (Å²) in [6.45, 7) is 5.01. The molecule has 0 atom stereocenters. The molecule has 8 heteroatoms. The molecule has 8 nitrogen and oxygen atoms in total. The van der Waals surface area contributed by atoms with Crippen LogP contribution in [0.1, 0.15) is 36.6 Å². The van der Waals surface area contributed by atoms with Gasteiger partial charge in [-0.1, -0.05) is 42.5 Å². The molecule has 4 aromatic rings. The number of carboxylic acid groups (broad SMARTS) is 2. The number of amides is 1. The first-order chi connectivity index (χ1) is 16.7. The van der Waals surface area contributed by atoms with Gasteiger partial charge in [0.05, 0.1) is 22.4 Å². The largest absolute Gasteiger partial charge is 0.507 e. The predicted molar refractivity (Wildman–Crippen MR) is 134 cm³/mol. The van der Waals surface area contributed by atoms with Crippen LogP contribution in [-0.2, 0) is 0 Å². The van der Waals surface area contributed by atoms with E-state index in [1.165, 1.54) is 12.1 Å². The maximum Gasteiger partial charge on any atom is 0.335 e. The number of anilines is 1. The Morgan fingerprint density at radius 3 is 1.97 bits per heavy atom. The number of nitrogens with one attached hydrogen (secondary N) is 1. The summed E-state index contributed by atoms with van der Waals surface area (Å²) in [5.41, 5.74) is 1.69. The topological polar surface area (TPSA) is 136 Å². The average Bonchev–Trinajstić information content (AvgIpc) is 2.86. The zero-order valence-corrected chi connectivity index (χ0v) is 18.7. The van der Waals surface area contributed by atoms with Gasteiger partial charge < -0.3 is 20.6 Å². The SMILES string of the molecule is C=Nc1cc(C(=O)O)cc(C(=O)O)c1.Cc1c(O)c(C(=O)Nc2ccccc2)cc2ccccc12. The average molecular weight is 470 g/mol. The third kappa shape index (κ3) is 5.88. The summed E-state index contributed by atoms with van der Waals surface area (Å²) >= 11 is 0. The molecular weight excluding hydrogens is 448 g/mol. The van der Waals surface area contributed by atoms with E-state index < -0.39 is 11.9 Å². The van der Waals surface area contributed by atoms with Gasteiger partial charge in [0.2, 0.25) is 0 Å². The Kier molecular flexibility index (Phi) is 7.58. The van der Waals surface area contributed by atoms with Crippen LogP contribution in [0.15, 0.2) is 83.9 Å². The van der Waals surface area contributed by atoms with Crippen LogP contribution in [0.4, 0.5) is 11.4 Å². The number of phenols is 1. The van der Waals surface area contributed by atoms with Gasteiger partial charge in [0.1, 0.15) is 5.75 Å². The number of phenolic OH excluding ortho intramolecular Hbond substituents is 1. The summed E-state index contributed by atoms with van der Waals surface area (Å²) in [7, 11) is 0. The van der Waals surface area contributed by atoms with E-state index in [0.29, 0.717) is 11.3 Å². The van der Waals surface area contributed by atoms with E-state index in [9.17, 15) is 19.5 Å². The monoisotopic (exact) mass is 470 g/mol. The zero-order valence-electron chi connectivity index (χ0n) is 18.7. The summed E-state index contributed by atoms with van der Waals surface area (Å²) in [6.07, 6.45) is 0. The molecule has 0 aromatic heterocycles. The number of aromatic carboxylic acids is 2. The van der Waals surface area contributed by atoms with Crippen LogP contribution in [0, 0.1) is 6.92 Å². The highest BCUT2D eigenvalue weighted by atomic mass is 16.4. The molecule has 0 heterocycles. The number of hydrogen-bond acceptors (Lipinski definition) is 5. The van der Waals surface area contributed by atoms with Gasteiger partial charge in [0, 0.05) is 5.69 Å². The molecule has 0 aliphatic heterocycles. The molecule has 4 rings (SSSR count). The molecule has 0 radical (unpaired) electrons. The van der Waals surface area contributed by atoms with E-state index in [0.717, 1.165) is 16.8 Å². The number of nitrogens with zero attached hydrogens (tertiary/aromatic N) is 1. The molecule has 0 aliphatic rings. The lowest BCUT2D eigenvalue weighted by atomic mass is 10.00. The van der Waals surface area contributed by atoms with Crippen molar-refractivity contribution in [3.8, 4) is 5.75 Å². The smallest absolute Gasteiger partial charge is 0.335 e. The van der Waals surface area contributed by atoms with Crippen LogP contribution in [0.5, 0.6) is 5.75 Å². The molecule has 35 heavy (non-hydrogen) atoms. The molecule has 0 bridgehead atoms. The number of hydrogen-bond donors (Lipinski definition) is 4. The van der Waals surface area contributed by atoms with Crippen molar-refractivity contribution < 1.29 is 29.7 Å². The summed E-state index contributed by atoms with van der Waals surface area (Å²) in [5.74, 6) is -2.68. The number of aliphatic imine (C=N–C) groups is 1. The van der Waals surface area contributed by atoms with E-state index in [1.807, 2.05) is 61.5 Å². The lowest BCUT2D eigenvalue weighted by molar-refractivity contribution is 0.0696. The number of carboxylic acids is 2. The fourth-order valence-electron chi connectivity index (χ4n) is 3.36. The van der Waals surface area contributed by atoms with Gasteiger partial charge >= 0.3 is 11.9 Å². The molecular formula is C27H22N2O6. The minimum Gasteiger partial charge on any atom is -0.507 e. The Hall–Kier alpha value is -4.98. The third-order valence-electron chi connectivity index (χ3n) is 5.15. The highest BCUT2D eigenvalue weighted by Gasteiger charge is 2.16. The van der Waals surface area contributed by atoms with Crippen molar-refractivity contribution in [1.82, 2.24) is 0 Å². The molecule has 176 valence electrons. The zero-order chi connectivity index (χ0) is 25.5. The summed E-state index contributed by atoms with van der Waals surface area (Å²) < 4.78 is 0. The minimum atomic E-state index is -1.20. The number of fused-ring (bicyclic) bond motifs is 1. The van der Waals surface area contributed by atoms with Crippen LogP contribution >= 0.6 is 0 Å².